The van der Waals surface area contributed by atoms with E-state index in [2.05, 4.69) is 0 Å². The van der Waals surface area contributed by atoms with E-state index < -0.39 is 34.7 Å². The molecule has 2 N–H and O–H groups in total. The SMILES string of the molecule is CC(C)(C)O[Si](C)(O)O[Si](O)(OC(C)(C)C)OC(C)(C)C.[CH3-].[CH3-].[Pt+2]. The summed E-state index contributed by atoms with van der Waals surface area (Å²) < 4.78 is 22.2. The normalized spacial score (nSPS) is 15.5. The molecule has 0 aromatic heterocycles. The average molecular weight is 566 g/mol. The van der Waals surface area contributed by atoms with Crippen LogP contribution in [0.15, 0.2) is 0 Å². The van der Waals surface area contributed by atoms with Crippen molar-refractivity contribution in [2.45, 2.75) is 85.7 Å². The van der Waals surface area contributed by atoms with Gasteiger partial charge in [-0.15, -0.1) is 0 Å². The van der Waals surface area contributed by atoms with Gasteiger partial charge in [-0.3, -0.25) is 0 Å². The molecule has 0 aromatic carbocycles. The van der Waals surface area contributed by atoms with Crippen LogP contribution in [0.4, 0.5) is 0 Å². The molecule has 0 aromatic rings. The van der Waals surface area contributed by atoms with E-state index in [1.807, 2.05) is 0 Å². The molecule has 0 saturated carbocycles. The fraction of sp³-hybridized carbons (Fsp3) is 0.867. The van der Waals surface area contributed by atoms with Crippen LogP contribution in [0.5, 0.6) is 0 Å². The Bertz CT molecular complexity index is 329. The molecule has 0 heterocycles. The van der Waals surface area contributed by atoms with Gasteiger partial charge in [-0.25, -0.2) is 0 Å². The maximum atomic E-state index is 10.7. The van der Waals surface area contributed by atoms with Crippen LogP contribution < -0.4 is 0 Å². The predicted octanol–water partition coefficient (Wildman–Crippen LogP) is 3.34. The molecule has 0 rings (SSSR count). The zero-order valence-corrected chi connectivity index (χ0v) is 21.6. The second-order valence-corrected chi connectivity index (χ2v) is 12.4. The smallest absolute Gasteiger partial charge is 0.390 e. The quantitative estimate of drug-likeness (QED) is 0.394. The Labute approximate surface area is 166 Å². The summed E-state index contributed by atoms with van der Waals surface area (Å²) in [5.74, 6) is 0. The van der Waals surface area contributed by atoms with Gasteiger partial charge in [-0.05, 0) is 62.3 Å². The van der Waals surface area contributed by atoms with Gasteiger partial charge in [0, 0.05) is 6.55 Å². The van der Waals surface area contributed by atoms with E-state index in [0.29, 0.717) is 0 Å². The molecule has 152 valence electrons. The van der Waals surface area contributed by atoms with Gasteiger partial charge in [0.15, 0.2) is 0 Å². The monoisotopic (exact) mass is 565 g/mol. The fourth-order valence-electron chi connectivity index (χ4n) is 1.66. The summed E-state index contributed by atoms with van der Waals surface area (Å²) in [5, 5.41) is 0. The topological polar surface area (TPSA) is 77.4 Å². The molecule has 0 saturated heterocycles. The standard InChI is InChI=1S/C13H32O6Si2.2CH3.Pt/c1-11(2,3)16-20(10,14)19-21(15,17-12(4,5)6)18-13(7,8)9;;;/h14-15H,1-10H3;2*1H3;/q;2*-1;+2. The first-order chi connectivity index (χ1) is 8.83. The molecule has 24 heavy (non-hydrogen) atoms. The van der Waals surface area contributed by atoms with Crippen LogP contribution in [0.25, 0.3) is 0 Å². The van der Waals surface area contributed by atoms with Gasteiger partial charge in [0.1, 0.15) is 0 Å². The predicted molar refractivity (Wildman–Crippen MR) is 98.2 cm³/mol. The largest absolute Gasteiger partial charge is 2.00 e. The van der Waals surface area contributed by atoms with E-state index in [4.69, 9.17) is 17.4 Å². The van der Waals surface area contributed by atoms with Crippen molar-refractivity contribution in [1.82, 2.24) is 0 Å². The molecule has 0 aliphatic carbocycles. The van der Waals surface area contributed by atoms with E-state index in [-0.39, 0.29) is 35.9 Å². The van der Waals surface area contributed by atoms with Crippen molar-refractivity contribution < 1.29 is 48.0 Å². The molecule has 6 nitrogen and oxygen atoms in total. The first kappa shape index (κ1) is 32.5. The van der Waals surface area contributed by atoms with Crippen LogP contribution in [-0.4, -0.2) is 44.2 Å². The molecule has 0 amide bonds. The minimum atomic E-state index is -4.07. The Kier molecular flexibility index (Phi) is 13.9. The summed E-state index contributed by atoms with van der Waals surface area (Å²) in [6, 6.07) is 0. The third-order valence-electron chi connectivity index (χ3n) is 1.68. The second-order valence-electron chi connectivity index (χ2n) is 8.17. The van der Waals surface area contributed by atoms with Gasteiger partial charge in [-0.1, -0.05) is 0 Å². The molecule has 0 aliphatic rings. The van der Waals surface area contributed by atoms with Gasteiger partial charge in [0.25, 0.3) is 0 Å². The third-order valence-corrected chi connectivity index (χ3v) is 6.96. The van der Waals surface area contributed by atoms with Gasteiger partial charge < -0.3 is 41.8 Å². The van der Waals surface area contributed by atoms with Gasteiger partial charge >= 0.3 is 38.9 Å². The van der Waals surface area contributed by atoms with Crippen molar-refractivity contribution >= 4 is 17.9 Å². The molecule has 1 atom stereocenters. The van der Waals surface area contributed by atoms with E-state index in [0.717, 1.165) is 0 Å². The van der Waals surface area contributed by atoms with Crippen LogP contribution in [0, 0.1) is 14.9 Å². The second kappa shape index (κ2) is 10.3. The Morgan fingerprint density at radius 1 is 0.625 bits per heavy atom. The van der Waals surface area contributed by atoms with E-state index in [9.17, 15) is 9.59 Å². The maximum Gasteiger partial charge on any atom is 2.00 e. The fourth-order valence-corrected chi connectivity index (χ4v) is 6.80. The Balaban J connectivity index is -0.000000667. The Morgan fingerprint density at radius 3 is 1.08 bits per heavy atom. The molecular weight excluding hydrogens is 527 g/mol. The van der Waals surface area contributed by atoms with Crippen molar-refractivity contribution in [2.24, 2.45) is 0 Å². The van der Waals surface area contributed by atoms with E-state index in [1.54, 1.807) is 62.3 Å². The molecule has 0 radical (unpaired) electrons. The van der Waals surface area contributed by atoms with Gasteiger partial charge in [0.2, 0.25) is 0 Å². The Hall–Kier alpha value is 0.882. The molecular formula is C15H38O6PtSi2. The summed E-state index contributed by atoms with van der Waals surface area (Å²) in [6.45, 7) is 17.5. The molecule has 1 unspecified atom stereocenters. The molecule has 0 bridgehead atoms. The number of hydrogen-bond donors (Lipinski definition) is 2. The van der Waals surface area contributed by atoms with Crippen molar-refractivity contribution in [1.29, 1.82) is 0 Å². The van der Waals surface area contributed by atoms with Crippen molar-refractivity contribution in [3.05, 3.63) is 14.9 Å². The number of rotatable bonds is 5. The van der Waals surface area contributed by atoms with E-state index >= 15 is 0 Å². The van der Waals surface area contributed by atoms with Crippen LogP contribution in [0.2, 0.25) is 6.55 Å². The van der Waals surface area contributed by atoms with Crippen LogP contribution >= 0.6 is 0 Å². The minimum Gasteiger partial charge on any atom is -0.390 e. The van der Waals surface area contributed by atoms with Crippen LogP contribution in [-0.2, 0) is 38.5 Å². The molecule has 0 aliphatic heterocycles. The van der Waals surface area contributed by atoms with Crippen molar-refractivity contribution in [2.75, 3.05) is 0 Å². The average Bonchev–Trinajstić information content (AvgIpc) is 1.83. The van der Waals surface area contributed by atoms with Crippen molar-refractivity contribution in [3.63, 3.8) is 0 Å². The summed E-state index contributed by atoms with van der Waals surface area (Å²) in [5.41, 5.74) is -1.97. The Morgan fingerprint density at radius 2 is 0.875 bits per heavy atom. The van der Waals surface area contributed by atoms with Crippen LogP contribution in [0.1, 0.15) is 62.3 Å². The summed E-state index contributed by atoms with van der Waals surface area (Å²) >= 11 is 0. The first-order valence-electron chi connectivity index (χ1n) is 7.08. The molecule has 0 spiro atoms. The summed E-state index contributed by atoms with van der Waals surface area (Å²) in [6.07, 6.45) is 0. The van der Waals surface area contributed by atoms with E-state index in [1.165, 1.54) is 6.55 Å². The summed E-state index contributed by atoms with van der Waals surface area (Å²) in [4.78, 5) is 21.1. The van der Waals surface area contributed by atoms with Crippen LogP contribution in [0.3, 0.4) is 0 Å². The first-order valence-corrected chi connectivity index (χ1v) is 11.0. The summed E-state index contributed by atoms with van der Waals surface area (Å²) in [7, 11) is -7.68. The van der Waals surface area contributed by atoms with Gasteiger partial charge in [-0.2, -0.15) is 0 Å². The molecule has 0 fully saturated rings. The van der Waals surface area contributed by atoms with Crippen molar-refractivity contribution in [3.8, 4) is 0 Å². The molecule has 9 heteroatoms. The number of hydrogen-bond acceptors (Lipinski definition) is 6. The van der Waals surface area contributed by atoms with Gasteiger partial charge in [0.05, 0.1) is 16.8 Å². The minimum absolute atomic E-state index is 0. The maximum absolute atomic E-state index is 10.7. The zero-order valence-electron chi connectivity index (χ0n) is 17.3. The zero-order chi connectivity index (χ0) is 17.3. The third kappa shape index (κ3) is 17.7.